The lowest BCUT2D eigenvalue weighted by Crippen LogP contribution is -2.33. The van der Waals surface area contributed by atoms with E-state index in [9.17, 15) is 9.90 Å². The second-order valence-electron chi connectivity index (χ2n) is 4.59. The molecule has 1 atom stereocenters. The van der Waals surface area contributed by atoms with Crippen molar-refractivity contribution in [3.05, 3.63) is 98.5 Å². The molecular weight excluding hydrogens is 288 g/mol. The molecule has 0 saturated carbocycles. The number of hydrogen-bond acceptors (Lipinski definition) is 2. The third kappa shape index (κ3) is 4.56. The molecule has 1 heterocycles. The van der Waals surface area contributed by atoms with E-state index in [0.717, 1.165) is 0 Å². The number of rotatable bonds is 8. The number of aliphatic hydroxyl groups excluding tert-OH is 1. The minimum atomic E-state index is -0.964. The number of amides is 2. The first kappa shape index (κ1) is 18.2. The zero-order valence-corrected chi connectivity index (χ0v) is 13.1. The van der Waals surface area contributed by atoms with Crippen LogP contribution in [0.15, 0.2) is 98.5 Å². The molecule has 0 aromatic heterocycles. The summed E-state index contributed by atoms with van der Waals surface area (Å²) in [5.74, 6) is 0. The summed E-state index contributed by atoms with van der Waals surface area (Å²) in [7, 11) is 0. The smallest absolute Gasteiger partial charge is 0.331 e. The zero-order chi connectivity index (χ0) is 17.2. The van der Waals surface area contributed by atoms with Gasteiger partial charge in [-0.2, -0.15) is 0 Å². The number of nitrogens with zero attached hydrogens (tertiary/aromatic N) is 2. The second kappa shape index (κ2) is 9.23. The standard InChI is InChI=1S/C19H22N2O2/c1-5-9-13-16(11-7-3)20-15-18(22)21(19(20)23)17(12-8-4)14-10-6-2/h5-14,18,22H,1-4,15H2/b13-9-,14-10-,16-11+,17-12+. The third-order valence-electron chi connectivity index (χ3n) is 3.05. The lowest BCUT2D eigenvalue weighted by molar-refractivity contribution is 0.0868. The molecule has 4 heteroatoms. The van der Waals surface area contributed by atoms with Gasteiger partial charge in [-0.15, -0.1) is 0 Å². The van der Waals surface area contributed by atoms with E-state index in [2.05, 4.69) is 26.3 Å². The van der Waals surface area contributed by atoms with Crippen LogP contribution in [-0.2, 0) is 0 Å². The Morgan fingerprint density at radius 1 is 0.957 bits per heavy atom. The molecular formula is C19H22N2O2. The summed E-state index contributed by atoms with van der Waals surface area (Å²) in [6.45, 7) is 14.7. The van der Waals surface area contributed by atoms with Crippen LogP contribution in [0.1, 0.15) is 0 Å². The molecule has 0 bridgehead atoms. The number of carbonyl (C=O) groups is 1. The number of aliphatic hydroxyl groups is 1. The SMILES string of the molecule is C=C/C=C\C(=C/C=C)N1CC(O)N(C(/C=C\C=C)=C/C=C)C1=O. The van der Waals surface area contributed by atoms with Gasteiger partial charge in [0.1, 0.15) is 0 Å². The molecule has 23 heavy (non-hydrogen) atoms. The van der Waals surface area contributed by atoms with Crippen LogP contribution in [0.2, 0.25) is 0 Å². The van der Waals surface area contributed by atoms with Crippen molar-refractivity contribution in [2.24, 2.45) is 0 Å². The summed E-state index contributed by atoms with van der Waals surface area (Å²) in [5.41, 5.74) is 1.16. The van der Waals surface area contributed by atoms with Gasteiger partial charge in [0.05, 0.1) is 6.54 Å². The van der Waals surface area contributed by atoms with E-state index < -0.39 is 6.23 Å². The van der Waals surface area contributed by atoms with Crippen LogP contribution in [0, 0.1) is 0 Å². The minimum absolute atomic E-state index is 0.149. The van der Waals surface area contributed by atoms with Gasteiger partial charge in [0.15, 0.2) is 6.23 Å². The highest BCUT2D eigenvalue weighted by atomic mass is 16.3. The molecule has 0 aromatic carbocycles. The van der Waals surface area contributed by atoms with Crippen molar-refractivity contribution >= 4 is 6.03 Å². The Morgan fingerprint density at radius 2 is 1.48 bits per heavy atom. The van der Waals surface area contributed by atoms with Gasteiger partial charge < -0.3 is 5.11 Å². The normalized spacial score (nSPS) is 19.7. The first-order valence-corrected chi connectivity index (χ1v) is 7.13. The molecule has 1 unspecified atom stereocenters. The fourth-order valence-corrected chi connectivity index (χ4v) is 2.11. The molecule has 1 rings (SSSR count). The van der Waals surface area contributed by atoms with Crippen molar-refractivity contribution in [2.45, 2.75) is 6.23 Å². The van der Waals surface area contributed by atoms with Crippen molar-refractivity contribution in [3.8, 4) is 0 Å². The molecule has 1 N–H and O–H groups in total. The van der Waals surface area contributed by atoms with Crippen LogP contribution in [0.3, 0.4) is 0 Å². The van der Waals surface area contributed by atoms with E-state index in [4.69, 9.17) is 0 Å². The van der Waals surface area contributed by atoms with Gasteiger partial charge in [-0.3, -0.25) is 9.80 Å². The van der Waals surface area contributed by atoms with E-state index >= 15 is 0 Å². The molecule has 120 valence electrons. The van der Waals surface area contributed by atoms with E-state index in [0.29, 0.717) is 11.4 Å². The maximum absolute atomic E-state index is 12.7. The van der Waals surface area contributed by atoms with Crippen LogP contribution in [0.25, 0.3) is 0 Å². The Labute approximate surface area is 137 Å². The first-order chi connectivity index (χ1) is 11.1. The predicted molar refractivity (Wildman–Crippen MR) is 95.2 cm³/mol. The van der Waals surface area contributed by atoms with Gasteiger partial charge in [0.2, 0.25) is 0 Å². The van der Waals surface area contributed by atoms with Gasteiger partial charge in [-0.05, 0) is 24.3 Å². The second-order valence-corrected chi connectivity index (χ2v) is 4.59. The third-order valence-corrected chi connectivity index (χ3v) is 3.05. The summed E-state index contributed by atoms with van der Waals surface area (Å²) < 4.78 is 0. The Balaban J connectivity index is 3.18. The lowest BCUT2D eigenvalue weighted by atomic mass is 10.3. The number of urea groups is 1. The molecule has 4 nitrogen and oxygen atoms in total. The van der Waals surface area contributed by atoms with Crippen molar-refractivity contribution in [1.82, 2.24) is 9.80 Å². The summed E-state index contributed by atoms with van der Waals surface area (Å²) in [4.78, 5) is 15.5. The van der Waals surface area contributed by atoms with Crippen LogP contribution >= 0.6 is 0 Å². The molecule has 0 aromatic rings. The Hall–Kier alpha value is -2.85. The highest BCUT2D eigenvalue weighted by molar-refractivity contribution is 5.82. The van der Waals surface area contributed by atoms with Crippen LogP contribution in [-0.4, -0.2) is 33.7 Å². The average Bonchev–Trinajstić information content (AvgIpc) is 2.83. The molecule has 2 amide bonds. The van der Waals surface area contributed by atoms with Crippen molar-refractivity contribution in [3.63, 3.8) is 0 Å². The molecule has 0 radical (unpaired) electrons. The van der Waals surface area contributed by atoms with E-state index in [-0.39, 0.29) is 12.6 Å². The van der Waals surface area contributed by atoms with Crippen LogP contribution < -0.4 is 0 Å². The Bertz CT molecular complexity index is 609. The van der Waals surface area contributed by atoms with Gasteiger partial charge >= 0.3 is 6.03 Å². The van der Waals surface area contributed by atoms with Crippen molar-refractivity contribution in [2.75, 3.05) is 6.54 Å². The Kier molecular flexibility index (Phi) is 7.30. The summed E-state index contributed by atoms with van der Waals surface area (Å²) >= 11 is 0. The van der Waals surface area contributed by atoms with Gasteiger partial charge in [-0.1, -0.05) is 62.8 Å². The maximum Gasteiger partial charge on any atom is 0.331 e. The van der Waals surface area contributed by atoms with Crippen LogP contribution in [0.4, 0.5) is 4.79 Å². The minimum Gasteiger partial charge on any atom is -0.371 e. The van der Waals surface area contributed by atoms with E-state index in [1.54, 1.807) is 60.8 Å². The topological polar surface area (TPSA) is 43.8 Å². The first-order valence-electron chi connectivity index (χ1n) is 7.13. The Morgan fingerprint density at radius 3 is 2.00 bits per heavy atom. The lowest BCUT2D eigenvalue weighted by Gasteiger charge is -2.21. The summed E-state index contributed by atoms with van der Waals surface area (Å²) in [6.07, 6.45) is 15.6. The van der Waals surface area contributed by atoms with Crippen LogP contribution in [0.5, 0.6) is 0 Å². The van der Waals surface area contributed by atoms with E-state index in [1.807, 2.05) is 0 Å². The predicted octanol–water partition coefficient (Wildman–Crippen LogP) is 3.67. The zero-order valence-electron chi connectivity index (χ0n) is 13.1. The molecule has 1 aliphatic rings. The van der Waals surface area contributed by atoms with Gasteiger partial charge in [0.25, 0.3) is 0 Å². The molecule has 1 aliphatic heterocycles. The molecule has 0 spiro atoms. The monoisotopic (exact) mass is 310 g/mol. The average molecular weight is 310 g/mol. The van der Waals surface area contributed by atoms with Gasteiger partial charge in [0, 0.05) is 11.4 Å². The quantitative estimate of drug-likeness (QED) is 0.695. The molecule has 1 fully saturated rings. The highest BCUT2D eigenvalue weighted by Gasteiger charge is 2.38. The maximum atomic E-state index is 12.7. The van der Waals surface area contributed by atoms with Crippen molar-refractivity contribution in [1.29, 1.82) is 0 Å². The van der Waals surface area contributed by atoms with Crippen molar-refractivity contribution < 1.29 is 9.90 Å². The molecule has 1 saturated heterocycles. The number of allylic oxidation sites excluding steroid dienone is 10. The highest BCUT2D eigenvalue weighted by Crippen LogP contribution is 2.25. The van der Waals surface area contributed by atoms with E-state index in [1.165, 1.54) is 9.80 Å². The fraction of sp³-hybridized carbons (Fsp3) is 0.105. The number of hydrogen-bond donors (Lipinski definition) is 1. The fourth-order valence-electron chi connectivity index (χ4n) is 2.11. The number of carbonyl (C=O) groups excluding carboxylic acids is 1. The number of β-amino-alcohol motifs (C(OH)–C–C–N with tert-alkyl or cyclic N) is 1. The molecule has 0 aliphatic carbocycles. The summed E-state index contributed by atoms with van der Waals surface area (Å²) in [6, 6.07) is -0.332. The van der Waals surface area contributed by atoms with Gasteiger partial charge in [-0.25, -0.2) is 4.79 Å². The largest absolute Gasteiger partial charge is 0.371 e. The summed E-state index contributed by atoms with van der Waals surface area (Å²) in [5, 5.41) is 10.3.